The molecule has 1 aliphatic heterocycles. The predicted molar refractivity (Wildman–Crippen MR) is 84.8 cm³/mol. The summed E-state index contributed by atoms with van der Waals surface area (Å²) in [7, 11) is 0. The molecule has 1 atom stereocenters. The molecule has 116 valence electrons. The van der Waals surface area contributed by atoms with Gasteiger partial charge in [0.2, 0.25) is 0 Å². The Morgan fingerprint density at radius 3 is 2.91 bits per heavy atom. The third kappa shape index (κ3) is 2.71. The monoisotopic (exact) mass is 299 g/mol. The highest BCUT2D eigenvalue weighted by molar-refractivity contribution is 5.89. The zero-order valence-corrected chi connectivity index (χ0v) is 13.0. The van der Waals surface area contributed by atoms with Crippen LogP contribution in [0.2, 0.25) is 0 Å². The van der Waals surface area contributed by atoms with Gasteiger partial charge >= 0.3 is 6.03 Å². The fraction of sp³-hybridized carbons (Fsp3) is 0.412. The summed E-state index contributed by atoms with van der Waals surface area (Å²) in [6.07, 6.45) is 2.75. The van der Waals surface area contributed by atoms with Crippen molar-refractivity contribution < 1.29 is 9.32 Å². The molecule has 1 aromatic heterocycles. The predicted octanol–water partition coefficient (Wildman–Crippen LogP) is 3.91. The van der Waals surface area contributed by atoms with Crippen molar-refractivity contribution in [3.05, 3.63) is 47.3 Å². The van der Waals surface area contributed by atoms with E-state index in [2.05, 4.69) is 10.5 Å². The Labute approximate surface area is 130 Å². The molecule has 0 radical (unpaired) electrons. The van der Waals surface area contributed by atoms with Gasteiger partial charge in [0.1, 0.15) is 5.76 Å². The third-order valence-electron chi connectivity index (χ3n) is 4.18. The van der Waals surface area contributed by atoms with Gasteiger partial charge in [0.05, 0.1) is 11.7 Å². The molecule has 1 saturated heterocycles. The average Bonchev–Trinajstić information content (AvgIpc) is 3.14. The highest BCUT2D eigenvalue weighted by Crippen LogP contribution is 2.36. The van der Waals surface area contributed by atoms with Crippen LogP contribution < -0.4 is 5.32 Å². The first kappa shape index (κ1) is 14.6. The maximum Gasteiger partial charge on any atom is 0.322 e. The van der Waals surface area contributed by atoms with E-state index in [0.29, 0.717) is 0 Å². The molecule has 5 heteroatoms. The Hall–Kier alpha value is -2.30. The molecule has 22 heavy (non-hydrogen) atoms. The Balaban J connectivity index is 1.81. The Morgan fingerprint density at radius 2 is 2.18 bits per heavy atom. The number of likely N-dealkylation sites (tertiary alicyclic amines) is 1. The first-order valence-corrected chi connectivity index (χ1v) is 7.78. The van der Waals surface area contributed by atoms with Gasteiger partial charge in [-0.2, -0.15) is 0 Å². The fourth-order valence-corrected chi connectivity index (χ4v) is 3.13. The quantitative estimate of drug-likeness (QED) is 0.934. The zero-order chi connectivity index (χ0) is 15.5. The summed E-state index contributed by atoms with van der Waals surface area (Å²) in [5.74, 6) is 0.891. The molecule has 0 bridgehead atoms. The van der Waals surface area contributed by atoms with Gasteiger partial charge in [-0.1, -0.05) is 30.3 Å². The third-order valence-corrected chi connectivity index (χ3v) is 4.18. The average molecular weight is 299 g/mol. The fourth-order valence-electron chi connectivity index (χ4n) is 3.13. The number of nitrogens with zero attached hydrogens (tertiary/aromatic N) is 2. The van der Waals surface area contributed by atoms with Crippen molar-refractivity contribution in [1.82, 2.24) is 10.1 Å². The Bertz CT molecular complexity index is 651. The molecule has 1 N–H and O–H groups in total. The van der Waals surface area contributed by atoms with Crippen molar-refractivity contribution in [1.29, 1.82) is 0 Å². The molecular weight excluding hydrogens is 278 g/mol. The molecule has 1 aromatic carbocycles. The number of aryl methyl sites for hydroxylation is 2. The summed E-state index contributed by atoms with van der Waals surface area (Å²) >= 11 is 0. The number of carbonyl (C=O) groups is 1. The number of benzene rings is 1. The van der Waals surface area contributed by atoms with E-state index in [0.717, 1.165) is 48.5 Å². The maximum atomic E-state index is 12.6. The summed E-state index contributed by atoms with van der Waals surface area (Å²) in [6, 6.07) is 9.55. The van der Waals surface area contributed by atoms with Crippen molar-refractivity contribution in [3.63, 3.8) is 0 Å². The molecule has 0 aliphatic carbocycles. The maximum absolute atomic E-state index is 12.6. The minimum Gasteiger partial charge on any atom is -0.361 e. The van der Waals surface area contributed by atoms with Crippen molar-refractivity contribution in [3.8, 4) is 0 Å². The lowest BCUT2D eigenvalue weighted by Gasteiger charge is -2.25. The normalized spacial score (nSPS) is 17.7. The van der Waals surface area contributed by atoms with Gasteiger partial charge in [-0.05, 0) is 31.9 Å². The van der Waals surface area contributed by atoms with Gasteiger partial charge in [0.25, 0.3) is 0 Å². The number of para-hydroxylation sites is 1. The van der Waals surface area contributed by atoms with Crippen molar-refractivity contribution >= 4 is 11.7 Å². The van der Waals surface area contributed by atoms with Gasteiger partial charge in [-0.15, -0.1) is 0 Å². The number of carbonyl (C=O) groups excluding carboxylic acids is 1. The lowest BCUT2D eigenvalue weighted by atomic mass is 10.0. The van der Waals surface area contributed by atoms with Crippen LogP contribution in [0.25, 0.3) is 0 Å². The molecule has 1 fully saturated rings. The van der Waals surface area contributed by atoms with Crippen LogP contribution in [0.1, 0.15) is 42.8 Å². The number of nitrogens with one attached hydrogen (secondary N) is 1. The number of rotatable bonds is 3. The van der Waals surface area contributed by atoms with Crippen LogP contribution in [-0.4, -0.2) is 22.6 Å². The van der Waals surface area contributed by atoms with E-state index >= 15 is 0 Å². The van der Waals surface area contributed by atoms with Gasteiger partial charge in [0, 0.05) is 24.2 Å². The number of urea groups is 1. The van der Waals surface area contributed by atoms with E-state index in [4.69, 9.17) is 4.52 Å². The van der Waals surface area contributed by atoms with Gasteiger partial charge in [-0.3, -0.25) is 0 Å². The topological polar surface area (TPSA) is 58.4 Å². The first-order valence-electron chi connectivity index (χ1n) is 7.78. The van der Waals surface area contributed by atoms with Crippen molar-refractivity contribution in [2.24, 2.45) is 0 Å². The molecular formula is C17H21N3O2. The van der Waals surface area contributed by atoms with Crippen molar-refractivity contribution in [2.75, 3.05) is 11.9 Å². The molecule has 0 saturated carbocycles. The zero-order valence-electron chi connectivity index (χ0n) is 13.0. The van der Waals surface area contributed by atoms with Gasteiger partial charge in [-0.25, -0.2) is 4.79 Å². The molecule has 1 aliphatic rings. The number of hydrogen-bond acceptors (Lipinski definition) is 3. The Kier molecular flexibility index (Phi) is 4.13. The molecule has 2 heterocycles. The van der Waals surface area contributed by atoms with E-state index in [9.17, 15) is 4.79 Å². The largest absolute Gasteiger partial charge is 0.361 e. The van der Waals surface area contributed by atoms with E-state index in [1.54, 1.807) is 0 Å². The second-order valence-corrected chi connectivity index (χ2v) is 5.61. The molecule has 5 nitrogen and oxygen atoms in total. The standard InChI is InChI=1S/C17H21N3O2/c1-3-15-16(12(2)19-22-15)14-10-7-11-20(14)17(21)18-13-8-5-4-6-9-13/h4-6,8-9,14H,3,7,10-11H2,1-2H3,(H,18,21)/t14-/m0/s1. The van der Waals surface area contributed by atoms with Gasteiger partial charge < -0.3 is 14.7 Å². The molecule has 0 spiro atoms. The van der Waals surface area contributed by atoms with E-state index < -0.39 is 0 Å². The summed E-state index contributed by atoms with van der Waals surface area (Å²) in [6.45, 7) is 4.76. The minimum absolute atomic E-state index is 0.0589. The molecule has 0 unspecified atom stereocenters. The first-order chi connectivity index (χ1) is 10.7. The van der Waals surface area contributed by atoms with Crippen LogP contribution in [0.15, 0.2) is 34.9 Å². The van der Waals surface area contributed by atoms with Crippen LogP contribution in [0, 0.1) is 6.92 Å². The smallest absolute Gasteiger partial charge is 0.322 e. The summed E-state index contributed by atoms with van der Waals surface area (Å²) in [5, 5.41) is 7.05. The van der Waals surface area contributed by atoms with Crippen LogP contribution in [-0.2, 0) is 6.42 Å². The SMILES string of the molecule is CCc1onc(C)c1[C@@H]1CCCN1C(=O)Nc1ccccc1. The number of amides is 2. The number of hydrogen-bond donors (Lipinski definition) is 1. The highest BCUT2D eigenvalue weighted by Gasteiger charge is 2.34. The van der Waals surface area contributed by atoms with Crippen LogP contribution >= 0.6 is 0 Å². The summed E-state index contributed by atoms with van der Waals surface area (Å²) < 4.78 is 5.39. The number of anilines is 1. The van der Waals surface area contributed by atoms with Gasteiger partial charge in [0.15, 0.2) is 0 Å². The van der Waals surface area contributed by atoms with Crippen LogP contribution in [0.3, 0.4) is 0 Å². The van der Waals surface area contributed by atoms with E-state index in [1.807, 2.05) is 49.1 Å². The molecule has 2 amide bonds. The summed E-state index contributed by atoms with van der Waals surface area (Å²) in [5.41, 5.74) is 2.79. The minimum atomic E-state index is -0.0589. The van der Waals surface area contributed by atoms with Crippen LogP contribution in [0.4, 0.5) is 10.5 Å². The summed E-state index contributed by atoms with van der Waals surface area (Å²) in [4.78, 5) is 14.5. The molecule has 2 aromatic rings. The van der Waals surface area contributed by atoms with Crippen molar-refractivity contribution in [2.45, 2.75) is 39.2 Å². The van der Waals surface area contributed by atoms with Crippen LogP contribution in [0.5, 0.6) is 0 Å². The second-order valence-electron chi connectivity index (χ2n) is 5.61. The van der Waals surface area contributed by atoms with E-state index in [-0.39, 0.29) is 12.1 Å². The highest BCUT2D eigenvalue weighted by atomic mass is 16.5. The number of aromatic nitrogens is 1. The second kappa shape index (κ2) is 6.22. The molecule has 3 rings (SSSR count). The Morgan fingerprint density at radius 1 is 1.41 bits per heavy atom. The van der Waals surface area contributed by atoms with E-state index in [1.165, 1.54) is 0 Å². The lowest BCUT2D eigenvalue weighted by molar-refractivity contribution is 0.206. The lowest BCUT2D eigenvalue weighted by Crippen LogP contribution is -2.34.